The van der Waals surface area contributed by atoms with Gasteiger partial charge in [-0.2, -0.15) is 16.7 Å². The van der Waals surface area contributed by atoms with Gasteiger partial charge in [0.1, 0.15) is 11.9 Å². The fraction of sp³-hybridized carbons (Fsp3) is 0.400. The Bertz CT molecular complexity index is 693. The molecule has 0 aliphatic carbocycles. The number of aromatic nitrogens is 2. The number of carbonyl (C=O) groups is 1. The summed E-state index contributed by atoms with van der Waals surface area (Å²) >= 11 is 1.60. The molecule has 1 aliphatic rings. The van der Waals surface area contributed by atoms with Crippen molar-refractivity contribution in [2.75, 3.05) is 6.26 Å². The fourth-order valence-electron chi connectivity index (χ4n) is 2.48. The molecule has 0 bridgehead atoms. The van der Waals surface area contributed by atoms with E-state index in [9.17, 15) is 9.18 Å². The average Bonchev–Trinajstić information content (AvgIpc) is 3.23. The highest BCUT2D eigenvalue weighted by molar-refractivity contribution is 7.97. The first kappa shape index (κ1) is 16.9. The summed E-state index contributed by atoms with van der Waals surface area (Å²) in [7, 11) is 0. The van der Waals surface area contributed by atoms with Gasteiger partial charge in [-0.1, -0.05) is 17.3 Å². The van der Waals surface area contributed by atoms with Crippen molar-refractivity contribution in [2.45, 2.75) is 30.8 Å². The number of rotatable bonds is 6. The van der Waals surface area contributed by atoms with Crippen molar-refractivity contribution in [3.05, 3.63) is 47.4 Å². The third kappa shape index (κ3) is 4.11. The zero-order valence-electron chi connectivity index (χ0n) is 13.1. The van der Waals surface area contributed by atoms with E-state index < -0.39 is 0 Å². The second-order valence-corrected chi connectivity index (χ2v) is 6.30. The maximum Gasteiger partial charge on any atom is 0.246 e. The minimum atomic E-state index is -0.381. The number of nitrogens with zero attached hydrogens (tertiary/aromatic N) is 2. The third-order valence-corrected chi connectivity index (χ3v) is 4.24. The molecule has 128 valence electrons. The van der Waals surface area contributed by atoms with Crippen LogP contribution in [-0.4, -0.2) is 28.3 Å². The first-order chi connectivity index (χ1) is 11.7. The molecule has 2 heterocycles. The molecule has 24 heavy (non-hydrogen) atoms. The molecule has 1 amide bonds. The summed E-state index contributed by atoms with van der Waals surface area (Å²) < 4.78 is 18.0. The van der Waals surface area contributed by atoms with E-state index in [1.165, 1.54) is 12.1 Å². The quantitative estimate of drug-likeness (QED) is 0.722. The summed E-state index contributed by atoms with van der Waals surface area (Å²) in [5, 5.41) is 6.60. The molecule has 3 N–H and O–H groups in total. The molecule has 1 aromatic heterocycles. The van der Waals surface area contributed by atoms with E-state index in [0.717, 1.165) is 5.56 Å². The van der Waals surface area contributed by atoms with E-state index in [1.54, 1.807) is 23.9 Å². The number of halogens is 1. The third-order valence-electron chi connectivity index (χ3n) is 3.69. The van der Waals surface area contributed by atoms with Crippen molar-refractivity contribution in [2.24, 2.45) is 0 Å². The molecule has 3 rings (SSSR count). The van der Waals surface area contributed by atoms with Gasteiger partial charge < -0.3 is 9.84 Å². The molecule has 2 aromatic rings. The normalized spacial score (nSPS) is 20.2. The smallest absolute Gasteiger partial charge is 0.246 e. The van der Waals surface area contributed by atoms with E-state index in [0.29, 0.717) is 23.9 Å². The number of nitrogens with one attached hydrogen (secondary N) is 3. The molecule has 9 heteroatoms. The van der Waals surface area contributed by atoms with Gasteiger partial charge in [0.05, 0.1) is 12.3 Å². The Morgan fingerprint density at radius 2 is 2.21 bits per heavy atom. The molecule has 0 radical (unpaired) electrons. The van der Waals surface area contributed by atoms with Crippen LogP contribution in [0.1, 0.15) is 29.7 Å². The Balaban J connectivity index is 1.49. The van der Waals surface area contributed by atoms with E-state index in [1.807, 2.05) is 6.26 Å². The molecular formula is C15H18FN5O2S. The highest BCUT2D eigenvalue weighted by atomic mass is 32.2. The van der Waals surface area contributed by atoms with Crippen LogP contribution in [0.3, 0.4) is 0 Å². The Hall–Kier alpha value is -1.97. The van der Waals surface area contributed by atoms with Gasteiger partial charge in [-0.15, -0.1) is 0 Å². The van der Waals surface area contributed by atoms with E-state index in [4.69, 9.17) is 4.52 Å². The lowest BCUT2D eigenvalue weighted by Gasteiger charge is -2.09. The van der Waals surface area contributed by atoms with Crippen molar-refractivity contribution in [3.63, 3.8) is 0 Å². The highest BCUT2D eigenvalue weighted by Crippen LogP contribution is 2.22. The Morgan fingerprint density at radius 1 is 1.42 bits per heavy atom. The number of hydrogen-bond donors (Lipinski definition) is 3. The van der Waals surface area contributed by atoms with Crippen LogP contribution in [0, 0.1) is 5.82 Å². The van der Waals surface area contributed by atoms with Gasteiger partial charge in [0.25, 0.3) is 0 Å². The SMILES string of the molecule is CSCc1noc(CNC(=O)C2CC(c3ccc(F)cc3)NN2)n1. The van der Waals surface area contributed by atoms with Gasteiger partial charge in [-0.25, -0.2) is 15.2 Å². The van der Waals surface area contributed by atoms with Gasteiger partial charge >= 0.3 is 0 Å². The van der Waals surface area contributed by atoms with Crippen molar-refractivity contribution in [1.29, 1.82) is 0 Å². The van der Waals surface area contributed by atoms with Crippen molar-refractivity contribution in [3.8, 4) is 0 Å². The maximum atomic E-state index is 13.0. The standard InChI is InChI=1S/C15H18FN5O2S/c1-24-8-13-18-14(23-21-13)7-17-15(22)12-6-11(19-20-12)9-2-4-10(16)5-3-9/h2-5,11-12,19-20H,6-8H2,1H3,(H,17,22). The zero-order chi connectivity index (χ0) is 16.9. The maximum absolute atomic E-state index is 13.0. The van der Waals surface area contributed by atoms with Crippen LogP contribution in [0.2, 0.25) is 0 Å². The Labute approximate surface area is 142 Å². The van der Waals surface area contributed by atoms with Crippen LogP contribution in [0.15, 0.2) is 28.8 Å². The molecule has 2 atom stereocenters. The summed E-state index contributed by atoms with van der Waals surface area (Å²) in [4.78, 5) is 16.4. The van der Waals surface area contributed by atoms with Gasteiger partial charge in [0.15, 0.2) is 5.82 Å². The summed E-state index contributed by atoms with van der Waals surface area (Å²) in [5.41, 5.74) is 6.94. The van der Waals surface area contributed by atoms with E-state index >= 15 is 0 Å². The predicted octanol–water partition coefficient (Wildman–Crippen LogP) is 1.30. The Kier molecular flexibility index (Phi) is 5.44. The molecule has 1 saturated heterocycles. The van der Waals surface area contributed by atoms with Crippen molar-refractivity contribution >= 4 is 17.7 Å². The molecule has 1 aliphatic heterocycles. The molecule has 0 saturated carbocycles. The monoisotopic (exact) mass is 351 g/mol. The summed E-state index contributed by atoms with van der Waals surface area (Å²) in [6, 6.07) is 5.81. The minimum absolute atomic E-state index is 0.0436. The van der Waals surface area contributed by atoms with Crippen LogP contribution in [0.5, 0.6) is 0 Å². The predicted molar refractivity (Wildman–Crippen MR) is 87.2 cm³/mol. The first-order valence-corrected chi connectivity index (χ1v) is 8.89. The number of amides is 1. The van der Waals surface area contributed by atoms with Crippen LogP contribution >= 0.6 is 11.8 Å². The second kappa shape index (κ2) is 7.73. The molecule has 1 aromatic carbocycles. The second-order valence-electron chi connectivity index (χ2n) is 5.44. The van der Waals surface area contributed by atoms with E-state index in [2.05, 4.69) is 26.3 Å². The Morgan fingerprint density at radius 3 is 2.96 bits per heavy atom. The molecule has 2 unspecified atom stereocenters. The van der Waals surface area contributed by atoms with Gasteiger partial charge in [0, 0.05) is 6.04 Å². The number of thioether (sulfide) groups is 1. The highest BCUT2D eigenvalue weighted by Gasteiger charge is 2.30. The number of carbonyl (C=O) groups excluding carboxylic acids is 1. The van der Waals surface area contributed by atoms with Crippen LogP contribution in [0.4, 0.5) is 4.39 Å². The first-order valence-electron chi connectivity index (χ1n) is 7.50. The van der Waals surface area contributed by atoms with E-state index in [-0.39, 0.29) is 30.4 Å². The molecule has 1 fully saturated rings. The number of hydrazine groups is 1. The lowest BCUT2D eigenvalue weighted by atomic mass is 10.0. The molecule has 7 nitrogen and oxygen atoms in total. The van der Waals surface area contributed by atoms with Crippen LogP contribution < -0.4 is 16.2 Å². The van der Waals surface area contributed by atoms with Crippen molar-refractivity contribution in [1.82, 2.24) is 26.3 Å². The fourth-order valence-corrected chi connectivity index (χ4v) is 2.85. The molecule has 0 spiro atoms. The summed E-state index contributed by atoms with van der Waals surface area (Å²) in [5.74, 6) is 1.23. The zero-order valence-corrected chi connectivity index (χ0v) is 13.9. The van der Waals surface area contributed by atoms with Gasteiger partial charge in [-0.05, 0) is 30.4 Å². The van der Waals surface area contributed by atoms with Crippen molar-refractivity contribution < 1.29 is 13.7 Å². The summed E-state index contributed by atoms with van der Waals surface area (Å²) in [6.45, 7) is 0.194. The minimum Gasteiger partial charge on any atom is -0.346 e. The topological polar surface area (TPSA) is 92.1 Å². The van der Waals surface area contributed by atoms with Crippen LogP contribution in [-0.2, 0) is 17.1 Å². The van der Waals surface area contributed by atoms with Crippen LogP contribution in [0.25, 0.3) is 0 Å². The number of hydrogen-bond acceptors (Lipinski definition) is 7. The lowest BCUT2D eigenvalue weighted by molar-refractivity contribution is -0.123. The number of benzene rings is 1. The average molecular weight is 351 g/mol. The molecular weight excluding hydrogens is 333 g/mol. The summed E-state index contributed by atoms with van der Waals surface area (Å²) in [6.07, 6.45) is 2.52. The lowest BCUT2D eigenvalue weighted by Crippen LogP contribution is -2.42. The van der Waals surface area contributed by atoms with Gasteiger partial charge in [0.2, 0.25) is 11.8 Å². The van der Waals surface area contributed by atoms with Gasteiger partial charge in [-0.3, -0.25) is 4.79 Å². The largest absolute Gasteiger partial charge is 0.346 e.